The second-order valence-electron chi connectivity index (χ2n) is 3.90. The topological polar surface area (TPSA) is 107 Å². The van der Waals surface area contributed by atoms with Crippen LogP contribution < -0.4 is 16.0 Å². The number of nitro benzene ring substituents is 1. The van der Waals surface area contributed by atoms with Gasteiger partial charge in [0.05, 0.1) is 9.80 Å². The van der Waals surface area contributed by atoms with E-state index in [9.17, 15) is 14.9 Å². The second-order valence-corrected chi connectivity index (χ2v) is 5.50. The van der Waals surface area contributed by atoms with Gasteiger partial charge in [0.15, 0.2) is 5.75 Å². The highest BCUT2D eigenvalue weighted by molar-refractivity contribution is 7.14. The van der Waals surface area contributed by atoms with E-state index in [-0.39, 0.29) is 18.0 Å². The molecule has 3 N–H and O–H groups in total. The minimum absolute atomic E-state index is 0.0747. The number of thiophene rings is 1. The summed E-state index contributed by atoms with van der Waals surface area (Å²) in [6, 6.07) is 7.35. The van der Waals surface area contributed by atoms with Crippen molar-refractivity contribution in [3.8, 4) is 5.75 Å². The van der Waals surface area contributed by atoms with Crippen molar-refractivity contribution >= 4 is 34.5 Å². The molecular formula is C12H10ClN3O4S. The average molecular weight is 328 g/mol. The summed E-state index contributed by atoms with van der Waals surface area (Å²) in [6.45, 7) is 0.0870. The number of carbonyl (C=O) groups excluding carboxylic acids is 1. The van der Waals surface area contributed by atoms with Crippen LogP contribution in [0.4, 0.5) is 5.69 Å². The van der Waals surface area contributed by atoms with Gasteiger partial charge in [0.1, 0.15) is 6.61 Å². The second kappa shape index (κ2) is 6.53. The molecule has 0 spiro atoms. The standard InChI is InChI=1S/C12H10ClN3O4S/c13-7-1-3-9(16(18)19)10(5-7)20-6-8-2-4-11(21-8)12(17)15-14/h1-5H,6,14H2,(H,15,17). The highest BCUT2D eigenvalue weighted by Crippen LogP contribution is 2.31. The molecule has 2 aromatic rings. The Morgan fingerprint density at radius 1 is 1.43 bits per heavy atom. The lowest BCUT2D eigenvalue weighted by atomic mass is 10.3. The lowest BCUT2D eigenvalue weighted by molar-refractivity contribution is -0.385. The number of nitrogens with two attached hydrogens (primary N) is 1. The van der Waals surface area contributed by atoms with Crippen molar-refractivity contribution in [1.29, 1.82) is 0 Å². The highest BCUT2D eigenvalue weighted by atomic mass is 35.5. The van der Waals surface area contributed by atoms with Crippen LogP contribution in [0.25, 0.3) is 0 Å². The maximum Gasteiger partial charge on any atom is 0.311 e. The van der Waals surface area contributed by atoms with Gasteiger partial charge in [-0.2, -0.15) is 0 Å². The van der Waals surface area contributed by atoms with Crippen molar-refractivity contribution < 1.29 is 14.5 Å². The van der Waals surface area contributed by atoms with E-state index < -0.39 is 10.8 Å². The molecule has 0 bridgehead atoms. The monoisotopic (exact) mass is 327 g/mol. The van der Waals surface area contributed by atoms with Gasteiger partial charge in [-0.1, -0.05) is 11.6 Å². The minimum Gasteiger partial charge on any atom is -0.481 e. The third-order valence-electron chi connectivity index (χ3n) is 2.51. The summed E-state index contributed by atoms with van der Waals surface area (Å²) in [5, 5.41) is 11.2. The van der Waals surface area contributed by atoms with Crippen molar-refractivity contribution in [1.82, 2.24) is 5.43 Å². The fraction of sp³-hybridized carbons (Fsp3) is 0.0833. The molecule has 1 amide bonds. The number of hydrogen-bond donors (Lipinski definition) is 2. The Morgan fingerprint density at radius 2 is 2.19 bits per heavy atom. The Kier molecular flexibility index (Phi) is 4.73. The molecule has 110 valence electrons. The number of nitrogen functional groups attached to an aromatic ring is 1. The van der Waals surface area contributed by atoms with Crippen LogP contribution in [0.2, 0.25) is 5.02 Å². The van der Waals surface area contributed by atoms with E-state index in [1.54, 1.807) is 12.1 Å². The first-order valence-corrected chi connectivity index (χ1v) is 6.87. The van der Waals surface area contributed by atoms with Crippen LogP contribution in [0.3, 0.4) is 0 Å². The van der Waals surface area contributed by atoms with Crippen LogP contribution in [0.1, 0.15) is 14.5 Å². The lowest BCUT2D eigenvalue weighted by Crippen LogP contribution is -2.29. The number of benzene rings is 1. The minimum atomic E-state index is -0.548. The van der Waals surface area contributed by atoms with Crippen molar-refractivity contribution in [2.45, 2.75) is 6.61 Å². The molecule has 0 aliphatic heterocycles. The number of carbonyl (C=O) groups is 1. The molecule has 0 fully saturated rings. The van der Waals surface area contributed by atoms with Crippen molar-refractivity contribution in [2.24, 2.45) is 5.84 Å². The molecule has 0 atom stereocenters. The van der Waals surface area contributed by atoms with Gasteiger partial charge in [-0.05, 0) is 18.2 Å². The van der Waals surface area contributed by atoms with Gasteiger partial charge in [0.2, 0.25) is 0 Å². The Balaban J connectivity index is 2.13. The van der Waals surface area contributed by atoms with Gasteiger partial charge < -0.3 is 4.74 Å². The van der Waals surface area contributed by atoms with Crippen molar-refractivity contribution in [3.63, 3.8) is 0 Å². The van der Waals surface area contributed by atoms with Gasteiger partial charge in [-0.25, -0.2) is 5.84 Å². The van der Waals surface area contributed by atoms with Gasteiger partial charge in [0, 0.05) is 22.0 Å². The van der Waals surface area contributed by atoms with E-state index in [1.807, 2.05) is 5.43 Å². The summed E-state index contributed by atoms with van der Waals surface area (Å²) >= 11 is 6.98. The van der Waals surface area contributed by atoms with Crippen LogP contribution in [-0.2, 0) is 6.61 Å². The third-order valence-corrected chi connectivity index (χ3v) is 3.80. The van der Waals surface area contributed by atoms with Crippen LogP contribution in [-0.4, -0.2) is 10.8 Å². The Labute approximate surface area is 128 Å². The largest absolute Gasteiger partial charge is 0.481 e. The van der Waals surface area contributed by atoms with Gasteiger partial charge in [-0.15, -0.1) is 11.3 Å². The zero-order valence-electron chi connectivity index (χ0n) is 10.5. The molecule has 1 aromatic carbocycles. The fourth-order valence-corrected chi connectivity index (χ4v) is 2.54. The van der Waals surface area contributed by atoms with Crippen LogP contribution in [0, 0.1) is 10.1 Å². The quantitative estimate of drug-likeness (QED) is 0.379. The molecule has 9 heteroatoms. The molecule has 1 aromatic heterocycles. The van der Waals surface area contributed by atoms with E-state index in [1.165, 1.54) is 29.5 Å². The number of hydrogen-bond acceptors (Lipinski definition) is 6. The normalized spacial score (nSPS) is 10.2. The van der Waals surface area contributed by atoms with Gasteiger partial charge in [-0.3, -0.25) is 20.3 Å². The van der Waals surface area contributed by atoms with Crippen LogP contribution in [0.5, 0.6) is 5.75 Å². The Morgan fingerprint density at radius 3 is 2.86 bits per heavy atom. The number of amides is 1. The van der Waals surface area contributed by atoms with E-state index in [0.29, 0.717) is 9.90 Å². The van der Waals surface area contributed by atoms with Gasteiger partial charge in [0.25, 0.3) is 5.91 Å². The summed E-state index contributed by atoms with van der Waals surface area (Å²) in [5.41, 5.74) is 1.85. The van der Waals surface area contributed by atoms with E-state index in [4.69, 9.17) is 22.2 Å². The lowest BCUT2D eigenvalue weighted by Gasteiger charge is -2.05. The molecule has 0 saturated heterocycles. The first-order chi connectivity index (χ1) is 10.0. The number of nitrogens with zero attached hydrogens (tertiary/aromatic N) is 1. The number of ether oxygens (including phenoxy) is 1. The molecular weight excluding hydrogens is 318 g/mol. The fourth-order valence-electron chi connectivity index (χ4n) is 1.55. The molecule has 2 rings (SSSR count). The smallest absolute Gasteiger partial charge is 0.311 e. The maximum absolute atomic E-state index is 11.3. The zero-order chi connectivity index (χ0) is 15.4. The Hall–Kier alpha value is -2.16. The molecule has 21 heavy (non-hydrogen) atoms. The molecule has 0 unspecified atom stereocenters. The predicted octanol–water partition coefficient (Wildman–Crippen LogP) is 2.49. The summed E-state index contributed by atoms with van der Waals surface area (Å²) < 4.78 is 5.41. The van der Waals surface area contributed by atoms with E-state index >= 15 is 0 Å². The molecule has 0 aliphatic carbocycles. The van der Waals surface area contributed by atoms with Crippen LogP contribution in [0.15, 0.2) is 30.3 Å². The van der Waals surface area contributed by atoms with Crippen LogP contribution >= 0.6 is 22.9 Å². The molecule has 1 heterocycles. The molecule has 0 saturated carbocycles. The number of halogens is 1. The number of nitrogens with one attached hydrogen (secondary N) is 1. The predicted molar refractivity (Wildman–Crippen MR) is 78.4 cm³/mol. The SMILES string of the molecule is NNC(=O)c1ccc(COc2cc(Cl)ccc2[N+](=O)[O-])s1. The van der Waals surface area contributed by atoms with E-state index in [2.05, 4.69) is 0 Å². The van der Waals surface area contributed by atoms with Crippen molar-refractivity contribution in [3.05, 3.63) is 55.2 Å². The molecule has 7 nitrogen and oxygen atoms in total. The summed E-state index contributed by atoms with van der Waals surface area (Å²) in [7, 11) is 0. The third kappa shape index (κ3) is 3.69. The van der Waals surface area contributed by atoms with E-state index in [0.717, 1.165) is 4.88 Å². The number of hydrazine groups is 1. The van der Waals surface area contributed by atoms with Crippen molar-refractivity contribution in [2.75, 3.05) is 0 Å². The summed E-state index contributed by atoms with van der Waals surface area (Å²) in [4.78, 5) is 22.8. The maximum atomic E-state index is 11.3. The average Bonchev–Trinajstić information content (AvgIpc) is 2.93. The number of nitro groups is 1. The number of rotatable bonds is 5. The molecule has 0 radical (unpaired) electrons. The molecule has 0 aliphatic rings. The van der Waals surface area contributed by atoms with Gasteiger partial charge >= 0.3 is 5.69 Å². The summed E-state index contributed by atoms with van der Waals surface area (Å²) in [5.74, 6) is 4.71. The Bertz CT molecular complexity index is 689. The highest BCUT2D eigenvalue weighted by Gasteiger charge is 2.16. The zero-order valence-corrected chi connectivity index (χ0v) is 12.1. The first-order valence-electron chi connectivity index (χ1n) is 5.67. The summed E-state index contributed by atoms with van der Waals surface area (Å²) in [6.07, 6.45) is 0. The first kappa shape index (κ1) is 15.2.